The quantitative estimate of drug-likeness (QED) is 0.191. The summed E-state index contributed by atoms with van der Waals surface area (Å²) >= 11 is 0. The lowest BCUT2D eigenvalue weighted by molar-refractivity contribution is -0.138. The van der Waals surface area contributed by atoms with Crippen molar-refractivity contribution >= 4 is 23.0 Å². The van der Waals surface area contributed by atoms with Gasteiger partial charge in [0.25, 0.3) is 0 Å². The van der Waals surface area contributed by atoms with E-state index in [-0.39, 0.29) is 18.0 Å². The Kier molecular flexibility index (Phi) is 10.6. The minimum atomic E-state index is -4.40. The molecule has 0 aromatic carbocycles. The molecule has 0 saturated carbocycles. The highest BCUT2D eigenvalue weighted by atomic mass is 19.4. The number of alkyl halides is 6. The van der Waals surface area contributed by atoms with Gasteiger partial charge in [-0.2, -0.15) is 26.3 Å². The van der Waals surface area contributed by atoms with E-state index in [9.17, 15) is 26.3 Å². The number of hydrogen-bond acceptors (Lipinski definition) is 10. The van der Waals surface area contributed by atoms with Crippen molar-refractivity contribution in [3.8, 4) is 0 Å². The molecule has 244 valence electrons. The van der Waals surface area contributed by atoms with Gasteiger partial charge in [-0.05, 0) is 48.5 Å². The number of nitrogens with zero attached hydrogens (tertiary/aromatic N) is 4. The van der Waals surface area contributed by atoms with Crippen LogP contribution in [0.4, 0.5) is 49.4 Å². The van der Waals surface area contributed by atoms with Gasteiger partial charge < -0.3 is 30.7 Å². The fourth-order valence-corrected chi connectivity index (χ4v) is 4.46. The van der Waals surface area contributed by atoms with Crippen LogP contribution in [0.25, 0.3) is 0 Å². The van der Waals surface area contributed by atoms with Crippen LogP contribution in [0.3, 0.4) is 0 Å². The number of ether oxygens (including phenoxy) is 2. The highest BCUT2D eigenvalue weighted by Crippen LogP contribution is 2.31. The fourth-order valence-electron chi connectivity index (χ4n) is 4.46. The van der Waals surface area contributed by atoms with E-state index in [2.05, 4.69) is 41.2 Å². The van der Waals surface area contributed by atoms with Crippen molar-refractivity contribution < 1.29 is 35.8 Å². The molecular weight excluding hydrogens is 618 g/mol. The van der Waals surface area contributed by atoms with E-state index >= 15 is 0 Å². The van der Waals surface area contributed by atoms with E-state index in [1.54, 1.807) is 30.6 Å². The zero-order valence-corrected chi connectivity index (χ0v) is 24.2. The number of hydrogen-bond donors (Lipinski definition) is 4. The fraction of sp³-hybridized carbons (Fsp3) is 0.333. The third kappa shape index (κ3) is 9.32. The van der Waals surface area contributed by atoms with Crippen molar-refractivity contribution in [2.75, 3.05) is 50.0 Å². The molecule has 4 aromatic heterocycles. The third-order valence-electron chi connectivity index (χ3n) is 6.81. The van der Waals surface area contributed by atoms with Gasteiger partial charge in [-0.3, -0.25) is 9.97 Å². The van der Waals surface area contributed by atoms with Crippen molar-refractivity contribution in [1.29, 1.82) is 0 Å². The van der Waals surface area contributed by atoms with Gasteiger partial charge in [-0.15, -0.1) is 0 Å². The number of halogens is 6. The van der Waals surface area contributed by atoms with Crippen LogP contribution in [0.2, 0.25) is 0 Å². The van der Waals surface area contributed by atoms with Crippen LogP contribution >= 0.6 is 0 Å². The summed E-state index contributed by atoms with van der Waals surface area (Å²) in [4.78, 5) is 16.3. The predicted octanol–water partition coefficient (Wildman–Crippen LogP) is 5.80. The van der Waals surface area contributed by atoms with Crippen LogP contribution in [0.1, 0.15) is 34.7 Å². The maximum Gasteiger partial charge on any atom is 0.417 e. The van der Waals surface area contributed by atoms with E-state index in [1.807, 2.05) is 6.07 Å². The topological polar surface area (TPSA) is 118 Å². The molecule has 16 heteroatoms. The zero-order chi connectivity index (χ0) is 32.6. The maximum atomic E-state index is 12.7. The molecule has 2 atom stereocenters. The van der Waals surface area contributed by atoms with Crippen LogP contribution in [0.5, 0.6) is 0 Å². The molecule has 2 aliphatic heterocycles. The Morgan fingerprint density at radius 1 is 0.609 bits per heavy atom. The van der Waals surface area contributed by atoms with Crippen LogP contribution in [-0.4, -0.2) is 59.3 Å². The molecule has 0 amide bonds. The molecule has 4 aromatic rings. The van der Waals surface area contributed by atoms with Crippen molar-refractivity contribution in [3.05, 3.63) is 95.8 Å². The number of morpholine rings is 2. The van der Waals surface area contributed by atoms with Gasteiger partial charge in [-0.1, -0.05) is 0 Å². The molecule has 0 radical (unpaired) electrons. The first kappa shape index (κ1) is 33.0. The summed E-state index contributed by atoms with van der Waals surface area (Å²) < 4.78 is 86.7. The molecule has 10 nitrogen and oxygen atoms in total. The highest BCUT2D eigenvalue weighted by Gasteiger charge is 2.31. The molecule has 4 N–H and O–H groups in total. The minimum Gasteiger partial charge on any atom is -0.369 e. The second-order valence-corrected chi connectivity index (χ2v) is 10.2. The van der Waals surface area contributed by atoms with Crippen molar-refractivity contribution in [3.63, 3.8) is 0 Å². The highest BCUT2D eigenvalue weighted by molar-refractivity contribution is 5.56. The minimum absolute atomic E-state index is 0.0815. The molecule has 0 unspecified atom stereocenters. The van der Waals surface area contributed by atoms with E-state index in [1.165, 1.54) is 6.07 Å². The molecule has 6 heterocycles. The molecular formula is C30H30F6N8O2. The first-order valence-electron chi connectivity index (χ1n) is 14.2. The van der Waals surface area contributed by atoms with Gasteiger partial charge in [-0.25, -0.2) is 9.97 Å². The molecule has 2 saturated heterocycles. The monoisotopic (exact) mass is 648 g/mol. The number of aromatic nitrogens is 4. The second-order valence-electron chi connectivity index (χ2n) is 10.2. The molecule has 0 bridgehead atoms. The largest absolute Gasteiger partial charge is 0.417 e. The summed E-state index contributed by atoms with van der Waals surface area (Å²) in [7, 11) is 0. The lowest BCUT2D eigenvalue weighted by Gasteiger charge is -2.23. The number of pyridine rings is 4. The van der Waals surface area contributed by atoms with Crippen molar-refractivity contribution in [2.24, 2.45) is 0 Å². The Morgan fingerprint density at radius 3 is 1.61 bits per heavy atom. The Bertz CT molecular complexity index is 1530. The Hall–Kier alpha value is -4.38. The molecule has 46 heavy (non-hydrogen) atoms. The van der Waals surface area contributed by atoms with Gasteiger partial charge >= 0.3 is 12.4 Å². The Morgan fingerprint density at radius 2 is 1.17 bits per heavy atom. The first-order chi connectivity index (χ1) is 22.0. The molecule has 0 spiro atoms. The van der Waals surface area contributed by atoms with Gasteiger partial charge in [0.1, 0.15) is 23.8 Å². The molecule has 2 fully saturated rings. The summed E-state index contributed by atoms with van der Waals surface area (Å²) in [5.74, 6) is 0.438. The zero-order valence-electron chi connectivity index (χ0n) is 24.2. The van der Waals surface area contributed by atoms with Gasteiger partial charge in [0, 0.05) is 38.6 Å². The lowest BCUT2D eigenvalue weighted by Crippen LogP contribution is -2.33. The summed E-state index contributed by atoms with van der Waals surface area (Å²) in [5.41, 5.74) is 1.26. The van der Waals surface area contributed by atoms with E-state index in [4.69, 9.17) is 9.47 Å². The summed E-state index contributed by atoms with van der Waals surface area (Å²) in [6, 6.07) is 11.3. The molecule has 0 aliphatic carbocycles. The first-order valence-corrected chi connectivity index (χ1v) is 14.2. The molecule has 6 rings (SSSR count). The third-order valence-corrected chi connectivity index (χ3v) is 6.81. The predicted molar refractivity (Wildman–Crippen MR) is 157 cm³/mol. The lowest BCUT2D eigenvalue weighted by atomic mass is 10.2. The molecule has 2 aliphatic rings. The normalized spacial score (nSPS) is 18.7. The van der Waals surface area contributed by atoms with E-state index in [0.717, 1.165) is 55.1 Å². The van der Waals surface area contributed by atoms with Crippen molar-refractivity contribution in [1.82, 2.24) is 30.6 Å². The van der Waals surface area contributed by atoms with Crippen molar-refractivity contribution in [2.45, 2.75) is 24.6 Å². The van der Waals surface area contributed by atoms with Gasteiger partial charge in [0.2, 0.25) is 0 Å². The van der Waals surface area contributed by atoms with E-state index < -0.39 is 23.5 Å². The van der Waals surface area contributed by atoms with Crippen LogP contribution < -0.4 is 21.3 Å². The van der Waals surface area contributed by atoms with Gasteiger partial charge in [0.15, 0.2) is 0 Å². The smallest absolute Gasteiger partial charge is 0.369 e. The Labute approximate surface area is 260 Å². The summed E-state index contributed by atoms with van der Waals surface area (Å²) in [5, 5.41) is 12.2. The van der Waals surface area contributed by atoms with Gasteiger partial charge in [0.05, 0.1) is 59.5 Å². The average Bonchev–Trinajstić information content (AvgIpc) is 3.06. The van der Waals surface area contributed by atoms with Crippen LogP contribution in [0, 0.1) is 0 Å². The van der Waals surface area contributed by atoms with E-state index in [0.29, 0.717) is 43.5 Å². The van der Waals surface area contributed by atoms with Crippen LogP contribution in [0.15, 0.2) is 73.3 Å². The number of rotatable bonds is 6. The second kappa shape index (κ2) is 14.8. The maximum absolute atomic E-state index is 12.7. The standard InChI is InChI=1S/2C15H15F3N4O/c16-15(17,18)10-1-4-14(21-7-10)22-11-2-3-12(20-8-11)13-9-19-5-6-23-13;16-15(17,18)10-3-4-20-14(7-10)22-11-1-2-12(21-8-11)13-9-19-5-6-23-13/h1-4,7-8,13,19H,5-6,9H2,(H,21,22);1-4,7-8,13,19H,5-6,9H2,(H,20,22)/t2*13-/m01/s1. The summed E-state index contributed by atoms with van der Waals surface area (Å²) in [6.45, 7) is 4.31. The number of anilines is 4. The number of nitrogens with one attached hydrogen (secondary N) is 4. The van der Waals surface area contributed by atoms with Crippen LogP contribution in [-0.2, 0) is 21.8 Å². The average molecular weight is 649 g/mol. The summed E-state index contributed by atoms with van der Waals surface area (Å²) in [6.07, 6.45) is -3.90. The SMILES string of the molecule is FC(F)(F)c1ccc(Nc2ccc([C@@H]3CNCCO3)nc2)nc1.FC(F)(F)c1ccnc(Nc2ccc([C@H]3CNCCO3)nc2)c1. The Balaban J connectivity index is 0.000000181.